The fraction of sp³-hybridized carbons (Fsp3) is 0.562. The summed E-state index contributed by atoms with van der Waals surface area (Å²) >= 11 is 0. The molecular formula is C16H25N4O2+. The largest absolute Gasteiger partial charge is 0.352 e. The van der Waals surface area contributed by atoms with E-state index in [9.17, 15) is 9.70 Å². The molecule has 2 heterocycles. The van der Waals surface area contributed by atoms with Crippen LogP contribution >= 0.6 is 0 Å². The van der Waals surface area contributed by atoms with Gasteiger partial charge in [0.25, 0.3) is 5.91 Å². The highest BCUT2D eigenvalue weighted by Crippen LogP contribution is 2.17. The van der Waals surface area contributed by atoms with Gasteiger partial charge >= 0.3 is 0 Å². The van der Waals surface area contributed by atoms with Crippen molar-refractivity contribution in [1.29, 1.82) is 0 Å². The van der Waals surface area contributed by atoms with Crippen molar-refractivity contribution in [1.82, 2.24) is 10.2 Å². The van der Waals surface area contributed by atoms with Gasteiger partial charge in [0.1, 0.15) is 0 Å². The van der Waals surface area contributed by atoms with Crippen molar-refractivity contribution in [2.45, 2.75) is 19.3 Å². The maximum Gasteiger partial charge on any atom is 0.252 e. The Morgan fingerprint density at radius 1 is 1.41 bits per heavy atom. The lowest BCUT2D eigenvalue weighted by Crippen LogP contribution is -2.42. The molecule has 0 radical (unpaired) electrons. The van der Waals surface area contributed by atoms with Gasteiger partial charge < -0.3 is 14.7 Å². The van der Waals surface area contributed by atoms with Crippen LogP contribution in [0.25, 0.3) is 0 Å². The minimum Gasteiger partial charge on any atom is -0.352 e. The average Bonchev–Trinajstić information content (AvgIpc) is 2.93. The maximum atomic E-state index is 12.1. The maximum absolute atomic E-state index is 12.1. The number of likely N-dealkylation sites (N-methyl/N-ethyl adjacent to an activating group) is 1. The van der Waals surface area contributed by atoms with Crippen molar-refractivity contribution in [2.24, 2.45) is 5.18 Å². The highest BCUT2D eigenvalue weighted by Gasteiger charge is 2.25. The Bertz CT molecular complexity index is 516. The van der Waals surface area contributed by atoms with Gasteiger partial charge in [-0.3, -0.25) is 4.79 Å². The molecule has 0 unspecified atom stereocenters. The van der Waals surface area contributed by atoms with Crippen LogP contribution in [-0.4, -0.2) is 55.6 Å². The number of allylic oxidation sites excluding steroid dienone is 1. The van der Waals surface area contributed by atoms with Crippen LogP contribution in [0.5, 0.6) is 0 Å². The van der Waals surface area contributed by atoms with Crippen molar-refractivity contribution in [2.75, 3.05) is 40.3 Å². The molecule has 0 saturated carbocycles. The molecule has 6 nitrogen and oxygen atoms in total. The van der Waals surface area contributed by atoms with E-state index >= 15 is 0 Å². The zero-order chi connectivity index (χ0) is 16.0. The van der Waals surface area contributed by atoms with Crippen molar-refractivity contribution < 1.29 is 9.28 Å². The van der Waals surface area contributed by atoms with Gasteiger partial charge in [-0.15, -0.1) is 4.91 Å². The van der Waals surface area contributed by atoms with Crippen molar-refractivity contribution in [3.63, 3.8) is 0 Å². The van der Waals surface area contributed by atoms with Crippen molar-refractivity contribution in [3.8, 4) is 0 Å². The third-order valence-corrected chi connectivity index (χ3v) is 4.43. The van der Waals surface area contributed by atoms with E-state index in [0.717, 1.165) is 17.4 Å². The number of nitrogens with zero attached hydrogens (tertiary/aromatic N) is 3. The molecule has 2 aliphatic rings. The number of hydrogen-bond acceptors (Lipinski definition) is 4. The van der Waals surface area contributed by atoms with Gasteiger partial charge in [0.05, 0.1) is 44.2 Å². The Labute approximate surface area is 131 Å². The second-order valence-electron chi connectivity index (χ2n) is 6.29. The normalized spacial score (nSPS) is 21.8. The van der Waals surface area contributed by atoms with Crippen LogP contribution in [0.4, 0.5) is 0 Å². The van der Waals surface area contributed by atoms with E-state index in [1.807, 2.05) is 0 Å². The first-order valence-electron chi connectivity index (χ1n) is 7.81. The zero-order valence-corrected chi connectivity index (χ0v) is 13.4. The molecule has 120 valence electrons. The Hall–Kier alpha value is -1.95. The standard InChI is InChI=1S/C16H24N4O2/c1-19-13-14(6-7-15(19)12-18-22)16(21)17-8-5-11-20(2)9-3-4-10-20/h6-7,12-13H,3-5,8-11H2,1-2H3/p+1/b15-12-. The average molecular weight is 305 g/mol. The summed E-state index contributed by atoms with van der Waals surface area (Å²) in [6.45, 7) is 4.33. The molecule has 0 spiro atoms. The number of nitroso groups, excluding NO2 is 1. The van der Waals surface area contributed by atoms with E-state index in [0.29, 0.717) is 17.8 Å². The number of hydrogen-bond donors (Lipinski definition) is 1. The lowest BCUT2D eigenvalue weighted by Gasteiger charge is -2.29. The quantitative estimate of drug-likeness (QED) is 0.462. The number of quaternary nitrogens is 1. The zero-order valence-electron chi connectivity index (χ0n) is 13.4. The van der Waals surface area contributed by atoms with E-state index in [2.05, 4.69) is 17.5 Å². The Morgan fingerprint density at radius 2 is 2.14 bits per heavy atom. The Morgan fingerprint density at radius 3 is 2.77 bits per heavy atom. The van der Waals surface area contributed by atoms with E-state index in [1.54, 1.807) is 30.3 Å². The molecule has 0 aromatic rings. The van der Waals surface area contributed by atoms with E-state index in [-0.39, 0.29) is 5.91 Å². The second-order valence-corrected chi connectivity index (χ2v) is 6.29. The fourth-order valence-electron chi connectivity index (χ4n) is 3.03. The van der Waals surface area contributed by atoms with Gasteiger partial charge in [0, 0.05) is 39.1 Å². The van der Waals surface area contributed by atoms with Crippen LogP contribution in [0.3, 0.4) is 0 Å². The molecule has 1 N–H and O–H groups in total. The predicted octanol–water partition coefficient (Wildman–Crippen LogP) is 1.73. The summed E-state index contributed by atoms with van der Waals surface area (Å²) in [6, 6.07) is 0. The van der Waals surface area contributed by atoms with Crippen LogP contribution in [0, 0.1) is 4.91 Å². The lowest BCUT2D eigenvalue weighted by atomic mass is 10.1. The van der Waals surface area contributed by atoms with Gasteiger partial charge in [-0.05, 0) is 17.3 Å². The SMILES string of the molecule is CN1C=C(C(=O)NCCC[N+]2(C)CCCC2)C=C/C1=C/N=O. The number of rotatable bonds is 6. The smallest absolute Gasteiger partial charge is 0.252 e. The summed E-state index contributed by atoms with van der Waals surface area (Å²) in [7, 11) is 4.08. The first-order valence-corrected chi connectivity index (χ1v) is 7.81. The number of likely N-dealkylation sites (tertiary alicyclic amines) is 1. The van der Waals surface area contributed by atoms with Gasteiger partial charge in [-0.25, -0.2) is 0 Å². The van der Waals surface area contributed by atoms with E-state index in [4.69, 9.17) is 0 Å². The van der Waals surface area contributed by atoms with E-state index in [1.165, 1.54) is 32.1 Å². The predicted molar refractivity (Wildman–Crippen MR) is 86.5 cm³/mol. The highest BCUT2D eigenvalue weighted by molar-refractivity contribution is 5.96. The molecule has 1 amide bonds. The summed E-state index contributed by atoms with van der Waals surface area (Å²) in [4.78, 5) is 24.1. The topological polar surface area (TPSA) is 61.8 Å². The van der Waals surface area contributed by atoms with Gasteiger partial charge in [0.2, 0.25) is 0 Å². The molecule has 2 aliphatic heterocycles. The summed E-state index contributed by atoms with van der Waals surface area (Å²) in [5.41, 5.74) is 1.25. The van der Waals surface area contributed by atoms with Gasteiger partial charge in [0.15, 0.2) is 0 Å². The highest BCUT2D eigenvalue weighted by atomic mass is 16.2. The minimum atomic E-state index is -0.0784. The van der Waals surface area contributed by atoms with Crippen LogP contribution < -0.4 is 5.32 Å². The van der Waals surface area contributed by atoms with Crippen LogP contribution in [-0.2, 0) is 4.79 Å². The monoisotopic (exact) mass is 305 g/mol. The number of carbonyl (C=O) groups excluding carboxylic acids is 1. The summed E-state index contributed by atoms with van der Waals surface area (Å²) in [5, 5.41) is 5.71. The van der Waals surface area contributed by atoms with Crippen molar-refractivity contribution in [3.05, 3.63) is 40.7 Å². The third kappa shape index (κ3) is 4.27. The number of carbonyl (C=O) groups is 1. The minimum absolute atomic E-state index is 0.0784. The van der Waals surface area contributed by atoms with Crippen LogP contribution in [0.1, 0.15) is 19.3 Å². The Balaban J connectivity index is 1.76. The summed E-state index contributed by atoms with van der Waals surface area (Å²) < 4.78 is 1.13. The van der Waals surface area contributed by atoms with Crippen LogP contribution in [0.2, 0.25) is 0 Å². The van der Waals surface area contributed by atoms with E-state index < -0.39 is 0 Å². The van der Waals surface area contributed by atoms with Crippen molar-refractivity contribution >= 4 is 5.91 Å². The molecule has 0 bridgehead atoms. The third-order valence-electron chi connectivity index (χ3n) is 4.43. The molecular weight excluding hydrogens is 280 g/mol. The first-order chi connectivity index (χ1) is 10.5. The first kappa shape index (κ1) is 16.4. The molecule has 22 heavy (non-hydrogen) atoms. The number of amides is 1. The summed E-state index contributed by atoms with van der Waals surface area (Å²) in [6.07, 6.45) is 9.99. The molecule has 0 aliphatic carbocycles. The fourth-order valence-corrected chi connectivity index (χ4v) is 3.03. The molecule has 6 heteroatoms. The summed E-state index contributed by atoms with van der Waals surface area (Å²) in [5.74, 6) is -0.0784. The lowest BCUT2D eigenvalue weighted by molar-refractivity contribution is -0.897. The molecule has 2 rings (SSSR count). The molecule has 0 aromatic carbocycles. The molecule has 0 aromatic heterocycles. The number of nitrogens with one attached hydrogen (secondary N) is 1. The van der Waals surface area contributed by atoms with Crippen LogP contribution in [0.15, 0.2) is 41.0 Å². The second kappa shape index (κ2) is 7.35. The Kier molecular flexibility index (Phi) is 5.49. The molecule has 1 fully saturated rings. The molecule has 1 saturated heterocycles. The molecule has 0 atom stereocenters. The van der Waals surface area contributed by atoms with Gasteiger partial charge in [-0.1, -0.05) is 0 Å². The van der Waals surface area contributed by atoms with Gasteiger partial charge in [-0.2, -0.15) is 0 Å².